The van der Waals surface area contributed by atoms with E-state index in [-0.39, 0.29) is 29.8 Å². The Kier molecular flexibility index (Phi) is 7.36. The van der Waals surface area contributed by atoms with E-state index in [2.05, 4.69) is 27.8 Å². The Hall–Kier alpha value is -2.03. The Morgan fingerprint density at radius 2 is 2.07 bits per heavy atom. The molecule has 2 fully saturated rings. The molecule has 0 aromatic heterocycles. The van der Waals surface area contributed by atoms with Crippen LogP contribution in [-0.2, 0) is 14.3 Å². The number of hydrogen-bond donors (Lipinski definition) is 3. The molecule has 2 amide bonds. The van der Waals surface area contributed by atoms with E-state index in [1.54, 1.807) is 0 Å². The Balaban J connectivity index is 1.53. The number of ether oxygens (including phenoxy) is 1. The van der Waals surface area contributed by atoms with Gasteiger partial charge >= 0.3 is 0 Å². The number of rotatable bonds is 6. The van der Waals surface area contributed by atoms with E-state index in [1.807, 2.05) is 0 Å². The lowest BCUT2D eigenvalue weighted by molar-refractivity contribution is -0.121. The Labute approximate surface area is 165 Å². The van der Waals surface area contributed by atoms with E-state index in [1.165, 1.54) is 18.2 Å². The highest BCUT2D eigenvalue weighted by Crippen LogP contribution is 2.23. The molecule has 0 radical (unpaired) electrons. The van der Waals surface area contributed by atoms with Crippen molar-refractivity contribution in [3.63, 3.8) is 0 Å². The number of nitrogens with zero attached hydrogens (tertiary/aromatic N) is 1. The molecule has 0 bridgehead atoms. The van der Waals surface area contributed by atoms with Gasteiger partial charge in [0.15, 0.2) is 0 Å². The lowest BCUT2D eigenvalue weighted by atomic mass is 9.92. The third kappa shape index (κ3) is 5.98. The second kappa shape index (κ2) is 9.95. The van der Waals surface area contributed by atoms with Gasteiger partial charge in [0, 0.05) is 43.7 Å². The zero-order valence-electron chi connectivity index (χ0n) is 16.3. The Morgan fingerprint density at radius 1 is 1.29 bits per heavy atom. The average molecular weight is 392 g/mol. The summed E-state index contributed by atoms with van der Waals surface area (Å²) in [5, 5.41) is 8.78. The number of morpholine rings is 1. The van der Waals surface area contributed by atoms with Crippen molar-refractivity contribution in [2.45, 2.75) is 32.2 Å². The molecule has 2 saturated heterocycles. The van der Waals surface area contributed by atoms with E-state index >= 15 is 0 Å². The summed E-state index contributed by atoms with van der Waals surface area (Å²) in [5.41, 5.74) is 0.574. The molecular weight excluding hydrogens is 363 g/mol. The number of piperidine rings is 1. The maximum absolute atomic E-state index is 14.1. The zero-order valence-corrected chi connectivity index (χ0v) is 16.3. The summed E-state index contributed by atoms with van der Waals surface area (Å²) in [7, 11) is 0. The van der Waals surface area contributed by atoms with Gasteiger partial charge in [-0.05, 0) is 44.5 Å². The molecule has 1 aromatic carbocycles. The fourth-order valence-corrected chi connectivity index (χ4v) is 3.61. The minimum absolute atomic E-state index is 0.0622. The molecule has 2 aliphatic heterocycles. The van der Waals surface area contributed by atoms with Gasteiger partial charge in [-0.1, -0.05) is 0 Å². The molecule has 0 aliphatic carbocycles. The van der Waals surface area contributed by atoms with Crippen molar-refractivity contribution < 1.29 is 18.7 Å². The lowest BCUT2D eigenvalue weighted by Crippen LogP contribution is -2.40. The van der Waals surface area contributed by atoms with Crippen LogP contribution in [0.3, 0.4) is 0 Å². The second-order valence-corrected chi connectivity index (χ2v) is 7.51. The third-order valence-corrected chi connectivity index (χ3v) is 5.26. The minimum atomic E-state index is -0.520. The summed E-state index contributed by atoms with van der Waals surface area (Å²) < 4.78 is 19.4. The number of halogens is 1. The van der Waals surface area contributed by atoms with Crippen molar-refractivity contribution in [1.29, 1.82) is 0 Å². The van der Waals surface area contributed by atoms with Crippen molar-refractivity contribution in [2.75, 3.05) is 50.0 Å². The Morgan fingerprint density at radius 3 is 2.82 bits per heavy atom. The quantitative estimate of drug-likeness (QED) is 0.688. The van der Waals surface area contributed by atoms with Crippen LogP contribution in [0.15, 0.2) is 18.2 Å². The molecule has 1 aromatic rings. The van der Waals surface area contributed by atoms with Crippen molar-refractivity contribution in [1.82, 2.24) is 10.2 Å². The van der Waals surface area contributed by atoms with Crippen LogP contribution in [0.1, 0.15) is 26.2 Å². The van der Waals surface area contributed by atoms with Crippen LogP contribution in [0, 0.1) is 11.7 Å². The summed E-state index contributed by atoms with van der Waals surface area (Å²) >= 11 is 0. The summed E-state index contributed by atoms with van der Waals surface area (Å²) in [6.07, 6.45) is 1.84. The highest BCUT2D eigenvalue weighted by atomic mass is 19.1. The summed E-state index contributed by atoms with van der Waals surface area (Å²) in [5.74, 6) is -0.897. The molecule has 2 atom stereocenters. The number of hydrogen-bond acceptors (Lipinski definition) is 5. The maximum atomic E-state index is 14.1. The van der Waals surface area contributed by atoms with Crippen LogP contribution >= 0.6 is 0 Å². The molecule has 3 N–H and O–H groups in total. The molecule has 3 rings (SSSR count). The minimum Gasteiger partial charge on any atom is -0.379 e. The molecule has 154 valence electrons. The average Bonchev–Trinajstić information content (AvgIpc) is 2.70. The van der Waals surface area contributed by atoms with Gasteiger partial charge < -0.3 is 20.7 Å². The van der Waals surface area contributed by atoms with Gasteiger partial charge in [0.05, 0.1) is 18.9 Å². The van der Waals surface area contributed by atoms with Gasteiger partial charge in [-0.2, -0.15) is 0 Å². The lowest BCUT2D eigenvalue weighted by Gasteiger charge is -2.27. The predicted octanol–water partition coefficient (Wildman–Crippen LogP) is 1.81. The third-order valence-electron chi connectivity index (χ3n) is 5.26. The maximum Gasteiger partial charge on any atom is 0.227 e. The second-order valence-electron chi connectivity index (χ2n) is 7.51. The first-order valence-electron chi connectivity index (χ1n) is 9.95. The fraction of sp³-hybridized carbons (Fsp3) is 0.600. The molecule has 0 spiro atoms. The van der Waals surface area contributed by atoms with Gasteiger partial charge in [0.25, 0.3) is 0 Å². The standard InChI is InChI=1S/C20H29FN4O3/c1-14-12-15(4-6-22-14)20(27)23-16-2-3-17(21)18(13-16)24-19(26)5-7-25-8-10-28-11-9-25/h2-3,13-15,22H,4-12H2,1H3,(H,23,27)(H,24,26)/t14-,15-/m0/s1. The van der Waals surface area contributed by atoms with Gasteiger partial charge in [0.1, 0.15) is 5.82 Å². The molecule has 8 heteroatoms. The smallest absolute Gasteiger partial charge is 0.227 e. The number of carbonyl (C=O) groups is 2. The first-order chi connectivity index (χ1) is 13.5. The van der Waals surface area contributed by atoms with Crippen LogP contribution in [0.4, 0.5) is 15.8 Å². The summed E-state index contributed by atoms with van der Waals surface area (Å²) in [6.45, 7) is 6.44. The Bertz CT molecular complexity index is 694. The van der Waals surface area contributed by atoms with Crippen LogP contribution in [0.2, 0.25) is 0 Å². The molecular formula is C20H29FN4O3. The van der Waals surface area contributed by atoms with E-state index in [0.717, 1.165) is 32.5 Å². The van der Waals surface area contributed by atoms with Crippen molar-refractivity contribution in [3.05, 3.63) is 24.0 Å². The number of anilines is 2. The van der Waals surface area contributed by atoms with E-state index in [4.69, 9.17) is 4.74 Å². The number of nitrogens with one attached hydrogen (secondary N) is 3. The molecule has 7 nitrogen and oxygen atoms in total. The monoisotopic (exact) mass is 392 g/mol. The van der Waals surface area contributed by atoms with E-state index < -0.39 is 5.82 Å². The molecule has 2 heterocycles. The highest BCUT2D eigenvalue weighted by Gasteiger charge is 2.25. The number of benzene rings is 1. The van der Waals surface area contributed by atoms with Gasteiger partial charge in [-0.3, -0.25) is 14.5 Å². The van der Waals surface area contributed by atoms with Crippen LogP contribution < -0.4 is 16.0 Å². The van der Waals surface area contributed by atoms with E-state index in [9.17, 15) is 14.0 Å². The van der Waals surface area contributed by atoms with Gasteiger partial charge in [-0.25, -0.2) is 4.39 Å². The molecule has 0 saturated carbocycles. The van der Waals surface area contributed by atoms with Gasteiger partial charge in [-0.15, -0.1) is 0 Å². The molecule has 28 heavy (non-hydrogen) atoms. The van der Waals surface area contributed by atoms with Crippen molar-refractivity contribution in [2.24, 2.45) is 5.92 Å². The first kappa shape index (κ1) is 20.7. The summed E-state index contributed by atoms with van der Waals surface area (Å²) in [4.78, 5) is 26.8. The normalized spacial score (nSPS) is 23.2. The topological polar surface area (TPSA) is 82.7 Å². The SMILES string of the molecule is C[C@H]1C[C@@H](C(=O)Nc2ccc(F)c(NC(=O)CCN3CCOCC3)c2)CCN1. The summed E-state index contributed by atoms with van der Waals surface area (Å²) in [6, 6.07) is 4.56. The van der Waals surface area contributed by atoms with Crippen molar-refractivity contribution in [3.8, 4) is 0 Å². The van der Waals surface area contributed by atoms with Crippen molar-refractivity contribution >= 4 is 23.2 Å². The molecule has 0 unspecified atom stereocenters. The largest absolute Gasteiger partial charge is 0.379 e. The van der Waals surface area contributed by atoms with E-state index in [0.29, 0.717) is 31.5 Å². The van der Waals surface area contributed by atoms with Gasteiger partial charge in [0.2, 0.25) is 11.8 Å². The van der Waals surface area contributed by atoms with Crippen LogP contribution in [0.25, 0.3) is 0 Å². The van der Waals surface area contributed by atoms with Crippen LogP contribution in [-0.4, -0.2) is 62.1 Å². The van der Waals surface area contributed by atoms with Crippen LogP contribution in [0.5, 0.6) is 0 Å². The zero-order chi connectivity index (χ0) is 19.9. The predicted molar refractivity (Wildman–Crippen MR) is 106 cm³/mol. The highest BCUT2D eigenvalue weighted by molar-refractivity contribution is 5.95. The first-order valence-corrected chi connectivity index (χ1v) is 9.95. The molecule has 2 aliphatic rings. The number of amides is 2. The number of carbonyl (C=O) groups excluding carboxylic acids is 2. The fourth-order valence-electron chi connectivity index (χ4n) is 3.61.